The molecule has 0 aliphatic carbocycles. The van der Waals surface area contributed by atoms with Crippen LogP contribution in [0.3, 0.4) is 0 Å². The fraction of sp³-hybridized carbons (Fsp3) is 0.556. The standard InChI is InChI=1S/C18H24FN3O2/c1-12-4-5-14(11-15(12)19)21-9-6-13(7-10-21)18(24)22-8-2-3-16(22)17(20)23/h4-5,11,13,16H,2-3,6-10H2,1H3,(H2,20,23). The predicted octanol–water partition coefficient (Wildman–Crippen LogP) is 1.83. The molecule has 2 aliphatic rings. The van der Waals surface area contributed by atoms with Crippen LogP contribution in [0, 0.1) is 18.7 Å². The van der Waals surface area contributed by atoms with Crippen LogP contribution in [-0.4, -0.2) is 42.4 Å². The summed E-state index contributed by atoms with van der Waals surface area (Å²) in [5.41, 5.74) is 6.90. The number of carbonyl (C=O) groups excluding carboxylic acids is 2. The summed E-state index contributed by atoms with van der Waals surface area (Å²) in [5, 5.41) is 0. The van der Waals surface area contributed by atoms with Crippen LogP contribution in [0.5, 0.6) is 0 Å². The molecule has 0 saturated carbocycles. The van der Waals surface area contributed by atoms with Gasteiger partial charge in [0.15, 0.2) is 0 Å². The summed E-state index contributed by atoms with van der Waals surface area (Å²) in [6, 6.07) is 4.82. The van der Waals surface area contributed by atoms with E-state index in [1.165, 1.54) is 0 Å². The minimum atomic E-state index is -0.443. The molecule has 5 nitrogen and oxygen atoms in total. The second-order valence-electron chi connectivity index (χ2n) is 6.79. The number of hydrogen-bond acceptors (Lipinski definition) is 3. The second kappa shape index (κ2) is 6.79. The summed E-state index contributed by atoms with van der Waals surface area (Å²) in [4.78, 5) is 28.0. The lowest BCUT2D eigenvalue weighted by Gasteiger charge is -2.35. The Labute approximate surface area is 141 Å². The number of piperidine rings is 1. The average Bonchev–Trinajstić information content (AvgIpc) is 3.07. The maximum Gasteiger partial charge on any atom is 0.240 e. The molecule has 6 heteroatoms. The number of hydrogen-bond donors (Lipinski definition) is 1. The van der Waals surface area contributed by atoms with Crippen LogP contribution in [0.1, 0.15) is 31.2 Å². The number of rotatable bonds is 3. The van der Waals surface area contributed by atoms with E-state index in [2.05, 4.69) is 4.90 Å². The van der Waals surface area contributed by atoms with E-state index in [9.17, 15) is 14.0 Å². The number of primary amides is 1. The number of likely N-dealkylation sites (tertiary alicyclic amines) is 1. The zero-order chi connectivity index (χ0) is 17.3. The Balaban J connectivity index is 1.61. The molecule has 24 heavy (non-hydrogen) atoms. The van der Waals surface area contributed by atoms with E-state index in [0.717, 1.165) is 24.9 Å². The maximum absolute atomic E-state index is 13.7. The van der Waals surface area contributed by atoms with E-state index >= 15 is 0 Å². The lowest BCUT2D eigenvalue weighted by molar-refractivity contribution is -0.141. The Hall–Kier alpha value is -2.11. The van der Waals surface area contributed by atoms with Gasteiger partial charge in [0.25, 0.3) is 0 Å². The molecule has 3 rings (SSSR count). The minimum absolute atomic E-state index is 0.0473. The van der Waals surface area contributed by atoms with Crippen LogP contribution in [0.4, 0.5) is 10.1 Å². The summed E-state index contributed by atoms with van der Waals surface area (Å²) < 4.78 is 13.7. The molecular formula is C18H24FN3O2. The van der Waals surface area contributed by atoms with Crippen molar-refractivity contribution in [1.82, 2.24) is 4.90 Å². The minimum Gasteiger partial charge on any atom is -0.371 e. The fourth-order valence-electron chi connectivity index (χ4n) is 3.72. The zero-order valence-electron chi connectivity index (χ0n) is 14.0. The second-order valence-corrected chi connectivity index (χ2v) is 6.79. The molecule has 1 aromatic rings. The molecular weight excluding hydrogens is 309 g/mol. The average molecular weight is 333 g/mol. The van der Waals surface area contributed by atoms with E-state index in [1.807, 2.05) is 6.07 Å². The summed E-state index contributed by atoms with van der Waals surface area (Å²) >= 11 is 0. The molecule has 2 heterocycles. The Morgan fingerprint density at radius 3 is 2.50 bits per heavy atom. The number of carbonyl (C=O) groups is 2. The van der Waals surface area contributed by atoms with Crippen molar-refractivity contribution in [3.8, 4) is 0 Å². The van der Waals surface area contributed by atoms with Gasteiger partial charge in [0.2, 0.25) is 11.8 Å². The van der Waals surface area contributed by atoms with Crippen molar-refractivity contribution in [2.24, 2.45) is 11.7 Å². The summed E-state index contributed by atoms with van der Waals surface area (Å²) in [6.45, 7) is 3.80. The van der Waals surface area contributed by atoms with Gasteiger partial charge in [-0.2, -0.15) is 0 Å². The van der Waals surface area contributed by atoms with E-state index in [-0.39, 0.29) is 17.6 Å². The number of nitrogens with zero attached hydrogens (tertiary/aromatic N) is 2. The largest absolute Gasteiger partial charge is 0.371 e. The topological polar surface area (TPSA) is 66.6 Å². The lowest BCUT2D eigenvalue weighted by Crippen LogP contribution is -2.48. The van der Waals surface area contributed by atoms with Gasteiger partial charge >= 0.3 is 0 Å². The highest BCUT2D eigenvalue weighted by atomic mass is 19.1. The van der Waals surface area contributed by atoms with Crippen LogP contribution in [0.15, 0.2) is 18.2 Å². The molecule has 2 amide bonds. The van der Waals surface area contributed by atoms with Crippen molar-refractivity contribution in [2.45, 2.75) is 38.6 Å². The first-order valence-corrected chi connectivity index (χ1v) is 8.58. The molecule has 0 bridgehead atoms. The monoisotopic (exact) mass is 333 g/mol. The van der Waals surface area contributed by atoms with Crippen molar-refractivity contribution < 1.29 is 14.0 Å². The molecule has 2 N–H and O–H groups in total. The Kier molecular flexibility index (Phi) is 4.73. The molecule has 2 fully saturated rings. The van der Waals surface area contributed by atoms with E-state index in [1.54, 1.807) is 24.0 Å². The highest BCUT2D eigenvalue weighted by Gasteiger charge is 2.37. The first-order valence-electron chi connectivity index (χ1n) is 8.58. The SMILES string of the molecule is Cc1ccc(N2CCC(C(=O)N3CCCC3C(N)=O)CC2)cc1F. The Bertz CT molecular complexity index is 641. The normalized spacial score (nSPS) is 22.0. The maximum atomic E-state index is 13.7. The van der Waals surface area contributed by atoms with Crippen LogP contribution in [0.2, 0.25) is 0 Å². The van der Waals surface area contributed by atoms with Gasteiger partial charge in [0.05, 0.1) is 0 Å². The Morgan fingerprint density at radius 1 is 1.17 bits per heavy atom. The number of halogens is 1. The highest BCUT2D eigenvalue weighted by Crippen LogP contribution is 2.28. The molecule has 0 aromatic heterocycles. The molecule has 0 spiro atoms. The lowest BCUT2D eigenvalue weighted by atomic mass is 9.94. The quantitative estimate of drug-likeness (QED) is 0.918. The fourth-order valence-corrected chi connectivity index (χ4v) is 3.72. The van der Waals surface area contributed by atoms with Gasteiger partial charge in [-0.15, -0.1) is 0 Å². The van der Waals surface area contributed by atoms with Gasteiger partial charge in [0, 0.05) is 31.2 Å². The smallest absolute Gasteiger partial charge is 0.240 e. The van der Waals surface area contributed by atoms with Gasteiger partial charge in [-0.3, -0.25) is 9.59 Å². The summed E-state index contributed by atoms with van der Waals surface area (Å²) in [6.07, 6.45) is 2.94. The third-order valence-electron chi connectivity index (χ3n) is 5.23. The highest BCUT2D eigenvalue weighted by molar-refractivity contribution is 5.88. The molecule has 0 radical (unpaired) electrons. The first-order chi connectivity index (χ1) is 11.5. The number of anilines is 1. The van der Waals surface area contributed by atoms with Crippen molar-refractivity contribution in [1.29, 1.82) is 0 Å². The van der Waals surface area contributed by atoms with Crippen LogP contribution in [-0.2, 0) is 9.59 Å². The van der Waals surface area contributed by atoms with Crippen molar-refractivity contribution in [3.63, 3.8) is 0 Å². The number of aryl methyl sites for hydroxylation is 1. The molecule has 2 aliphatic heterocycles. The van der Waals surface area contributed by atoms with Gasteiger partial charge in [-0.25, -0.2) is 4.39 Å². The third-order valence-corrected chi connectivity index (χ3v) is 5.23. The number of nitrogens with two attached hydrogens (primary N) is 1. The van der Waals surface area contributed by atoms with E-state index in [0.29, 0.717) is 31.6 Å². The van der Waals surface area contributed by atoms with Gasteiger partial charge in [0.1, 0.15) is 11.9 Å². The third kappa shape index (κ3) is 3.23. The van der Waals surface area contributed by atoms with Crippen molar-refractivity contribution in [2.75, 3.05) is 24.5 Å². The number of amides is 2. The van der Waals surface area contributed by atoms with Crippen LogP contribution in [0.25, 0.3) is 0 Å². The van der Waals surface area contributed by atoms with E-state index in [4.69, 9.17) is 5.73 Å². The predicted molar refractivity (Wildman–Crippen MR) is 90.0 cm³/mol. The van der Waals surface area contributed by atoms with E-state index < -0.39 is 11.9 Å². The molecule has 1 aromatic carbocycles. The zero-order valence-corrected chi connectivity index (χ0v) is 14.0. The molecule has 1 unspecified atom stereocenters. The molecule has 2 saturated heterocycles. The first kappa shape index (κ1) is 16.7. The van der Waals surface area contributed by atoms with Crippen LogP contribution < -0.4 is 10.6 Å². The van der Waals surface area contributed by atoms with Gasteiger partial charge < -0.3 is 15.5 Å². The molecule has 1 atom stereocenters. The summed E-state index contributed by atoms with van der Waals surface area (Å²) in [5.74, 6) is -0.636. The van der Waals surface area contributed by atoms with Crippen molar-refractivity contribution in [3.05, 3.63) is 29.6 Å². The van der Waals surface area contributed by atoms with Crippen LogP contribution >= 0.6 is 0 Å². The Morgan fingerprint density at radius 2 is 1.88 bits per heavy atom. The summed E-state index contributed by atoms with van der Waals surface area (Å²) in [7, 11) is 0. The van der Waals surface area contributed by atoms with Gasteiger partial charge in [-0.1, -0.05) is 6.07 Å². The van der Waals surface area contributed by atoms with Gasteiger partial charge in [-0.05, 0) is 50.3 Å². The number of benzene rings is 1. The molecule has 130 valence electrons. The van der Waals surface area contributed by atoms with Crippen molar-refractivity contribution >= 4 is 17.5 Å².